The first-order valence-electron chi connectivity index (χ1n) is 7.01. The van der Waals surface area contributed by atoms with Crippen LogP contribution in [0.25, 0.3) is 0 Å². The first-order chi connectivity index (χ1) is 10.0. The van der Waals surface area contributed by atoms with Gasteiger partial charge in [-0.25, -0.2) is 0 Å². The Labute approximate surface area is 123 Å². The van der Waals surface area contributed by atoms with Gasteiger partial charge in [-0.3, -0.25) is 10.1 Å². The van der Waals surface area contributed by atoms with Crippen LogP contribution in [0.5, 0.6) is 5.75 Å². The molecule has 1 aliphatic heterocycles. The van der Waals surface area contributed by atoms with E-state index in [9.17, 15) is 9.90 Å². The molecule has 0 fully saturated rings. The molecule has 3 N–H and O–H groups in total. The number of benzene rings is 2. The lowest BCUT2D eigenvalue weighted by atomic mass is 10.0. The number of phenolic OH excluding ortho intramolecular Hbond substituents is 1. The van der Waals surface area contributed by atoms with Gasteiger partial charge in [0.25, 0.3) is 0 Å². The van der Waals surface area contributed by atoms with Crippen LogP contribution in [0, 0.1) is 6.92 Å². The zero-order valence-corrected chi connectivity index (χ0v) is 12.1. The standard InChI is InChI=1S/C17H18N2O2/c1-10-6-7-15-14(8-10)16(17(21)19-15)18-11(2)12-4-3-5-13(20)9-12/h3-9,11,16,18,20H,1-2H3,(H,19,21). The van der Waals surface area contributed by atoms with Crippen LogP contribution in [0.2, 0.25) is 0 Å². The lowest BCUT2D eigenvalue weighted by molar-refractivity contribution is -0.117. The zero-order chi connectivity index (χ0) is 15.0. The van der Waals surface area contributed by atoms with Gasteiger partial charge in [-0.2, -0.15) is 0 Å². The summed E-state index contributed by atoms with van der Waals surface area (Å²) in [6.45, 7) is 3.99. The SMILES string of the molecule is Cc1ccc2c(c1)C(NC(C)c1cccc(O)c1)C(=O)N2. The van der Waals surface area contributed by atoms with Crippen molar-refractivity contribution in [2.75, 3.05) is 5.32 Å². The van der Waals surface area contributed by atoms with Crippen molar-refractivity contribution in [3.8, 4) is 5.75 Å². The first kappa shape index (κ1) is 13.6. The van der Waals surface area contributed by atoms with E-state index in [1.54, 1.807) is 18.2 Å². The van der Waals surface area contributed by atoms with E-state index in [0.717, 1.165) is 22.4 Å². The fourth-order valence-electron chi connectivity index (χ4n) is 2.69. The summed E-state index contributed by atoms with van der Waals surface area (Å²) in [6.07, 6.45) is 0. The van der Waals surface area contributed by atoms with Crippen LogP contribution >= 0.6 is 0 Å². The summed E-state index contributed by atoms with van der Waals surface area (Å²) in [5, 5.41) is 15.8. The molecule has 21 heavy (non-hydrogen) atoms. The van der Waals surface area contributed by atoms with Gasteiger partial charge in [0.1, 0.15) is 11.8 Å². The normalized spacial score (nSPS) is 18.2. The number of anilines is 1. The Morgan fingerprint density at radius 3 is 2.81 bits per heavy atom. The molecule has 2 atom stereocenters. The largest absolute Gasteiger partial charge is 0.508 e. The van der Waals surface area contributed by atoms with Crippen molar-refractivity contribution < 1.29 is 9.90 Å². The van der Waals surface area contributed by atoms with Crippen molar-refractivity contribution in [2.24, 2.45) is 0 Å². The second-order valence-electron chi connectivity index (χ2n) is 5.50. The molecule has 4 nitrogen and oxygen atoms in total. The molecule has 2 aromatic rings. The number of nitrogens with one attached hydrogen (secondary N) is 2. The van der Waals surface area contributed by atoms with Crippen molar-refractivity contribution in [1.82, 2.24) is 5.32 Å². The van der Waals surface area contributed by atoms with Crippen molar-refractivity contribution in [1.29, 1.82) is 0 Å². The van der Waals surface area contributed by atoms with E-state index < -0.39 is 0 Å². The van der Waals surface area contributed by atoms with Gasteiger partial charge in [-0.1, -0.05) is 29.8 Å². The highest BCUT2D eigenvalue weighted by Gasteiger charge is 2.31. The molecule has 3 rings (SSSR count). The number of phenols is 1. The number of aryl methyl sites for hydroxylation is 1. The number of aromatic hydroxyl groups is 1. The third-order valence-corrected chi connectivity index (χ3v) is 3.83. The number of amides is 1. The minimum atomic E-state index is -0.364. The molecule has 0 spiro atoms. The van der Waals surface area contributed by atoms with E-state index >= 15 is 0 Å². The van der Waals surface area contributed by atoms with Gasteiger partial charge in [0, 0.05) is 17.3 Å². The van der Waals surface area contributed by atoms with E-state index in [2.05, 4.69) is 10.6 Å². The average molecular weight is 282 g/mol. The number of carbonyl (C=O) groups is 1. The Morgan fingerprint density at radius 2 is 2.05 bits per heavy atom. The van der Waals surface area contributed by atoms with Crippen LogP contribution in [0.4, 0.5) is 5.69 Å². The summed E-state index contributed by atoms with van der Waals surface area (Å²) in [6, 6.07) is 12.6. The smallest absolute Gasteiger partial charge is 0.246 e. The van der Waals surface area contributed by atoms with Crippen LogP contribution in [-0.4, -0.2) is 11.0 Å². The summed E-state index contributed by atoms with van der Waals surface area (Å²) in [7, 11) is 0. The van der Waals surface area contributed by atoms with E-state index in [-0.39, 0.29) is 23.7 Å². The van der Waals surface area contributed by atoms with Crippen LogP contribution in [0.15, 0.2) is 42.5 Å². The molecule has 0 bridgehead atoms. The molecule has 0 aliphatic carbocycles. The minimum Gasteiger partial charge on any atom is -0.508 e. The Hall–Kier alpha value is -2.33. The zero-order valence-electron chi connectivity index (χ0n) is 12.1. The van der Waals surface area contributed by atoms with Crippen molar-refractivity contribution in [3.05, 3.63) is 59.2 Å². The molecule has 0 aromatic heterocycles. The topological polar surface area (TPSA) is 61.4 Å². The molecular weight excluding hydrogens is 264 g/mol. The molecule has 2 aromatic carbocycles. The third-order valence-electron chi connectivity index (χ3n) is 3.83. The molecule has 0 saturated carbocycles. The predicted molar refractivity (Wildman–Crippen MR) is 82.2 cm³/mol. The molecule has 2 unspecified atom stereocenters. The maximum atomic E-state index is 12.2. The molecule has 1 aliphatic rings. The van der Waals surface area contributed by atoms with Gasteiger partial charge in [0.2, 0.25) is 5.91 Å². The average Bonchev–Trinajstić information content (AvgIpc) is 2.75. The maximum Gasteiger partial charge on any atom is 0.246 e. The van der Waals surface area contributed by atoms with Crippen LogP contribution in [-0.2, 0) is 4.79 Å². The fourth-order valence-corrected chi connectivity index (χ4v) is 2.69. The van der Waals surface area contributed by atoms with Gasteiger partial charge in [0.15, 0.2) is 0 Å². The van der Waals surface area contributed by atoms with E-state index in [1.807, 2.05) is 38.1 Å². The summed E-state index contributed by atoms with van der Waals surface area (Å²) in [5.41, 5.74) is 3.92. The molecule has 1 amide bonds. The van der Waals surface area contributed by atoms with E-state index in [0.29, 0.717) is 0 Å². The summed E-state index contributed by atoms with van der Waals surface area (Å²) in [4.78, 5) is 12.2. The monoisotopic (exact) mass is 282 g/mol. The third kappa shape index (κ3) is 2.62. The predicted octanol–water partition coefficient (Wildman–Crippen LogP) is 3.04. The van der Waals surface area contributed by atoms with E-state index in [1.165, 1.54) is 0 Å². The Balaban J connectivity index is 1.85. The molecule has 0 radical (unpaired) electrons. The Bertz CT molecular complexity index is 697. The van der Waals surface area contributed by atoms with Crippen LogP contribution in [0.1, 0.15) is 35.7 Å². The Morgan fingerprint density at radius 1 is 1.24 bits per heavy atom. The van der Waals surface area contributed by atoms with Gasteiger partial charge in [-0.05, 0) is 37.6 Å². The lowest BCUT2D eigenvalue weighted by Gasteiger charge is -2.19. The lowest BCUT2D eigenvalue weighted by Crippen LogP contribution is -2.29. The second-order valence-corrected chi connectivity index (χ2v) is 5.50. The highest BCUT2D eigenvalue weighted by atomic mass is 16.3. The maximum absolute atomic E-state index is 12.2. The molecular formula is C17H18N2O2. The number of fused-ring (bicyclic) bond motifs is 1. The second kappa shape index (κ2) is 5.22. The number of hydrogen-bond acceptors (Lipinski definition) is 3. The van der Waals surface area contributed by atoms with Gasteiger partial charge < -0.3 is 10.4 Å². The number of carbonyl (C=O) groups excluding carboxylic acids is 1. The summed E-state index contributed by atoms with van der Waals surface area (Å²) >= 11 is 0. The van der Waals surface area contributed by atoms with Crippen molar-refractivity contribution in [2.45, 2.75) is 25.9 Å². The first-order valence-corrected chi connectivity index (χ1v) is 7.01. The number of hydrogen-bond donors (Lipinski definition) is 3. The highest BCUT2D eigenvalue weighted by molar-refractivity contribution is 6.02. The van der Waals surface area contributed by atoms with Gasteiger partial charge >= 0.3 is 0 Å². The van der Waals surface area contributed by atoms with Crippen LogP contribution < -0.4 is 10.6 Å². The van der Waals surface area contributed by atoms with Crippen molar-refractivity contribution >= 4 is 11.6 Å². The van der Waals surface area contributed by atoms with Gasteiger partial charge in [-0.15, -0.1) is 0 Å². The highest BCUT2D eigenvalue weighted by Crippen LogP contribution is 2.33. The molecule has 0 saturated heterocycles. The molecule has 108 valence electrons. The molecule has 4 heteroatoms. The van der Waals surface area contributed by atoms with E-state index in [4.69, 9.17) is 0 Å². The van der Waals surface area contributed by atoms with Crippen LogP contribution in [0.3, 0.4) is 0 Å². The fraction of sp³-hybridized carbons (Fsp3) is 0.235. The number of rotatable bonds is 3. The van der Waals surface area contributed by atoms with Gasteiger partial charge in [0.05, 0.1) is 0 Å². The summed E-state index contributed by atoms with van der Waals surface area (Å²) in [5.74, 6) is 0.191. The molecule has 1 heterocycles. The minimum absolute atomic E-state index is 0.0393. The quantitative estimate of drug-likeness (QED) is 0.811. The summed E-state index contributed by atoms with van der Waals surface area (Å²) < 4.78 is 0. The van der Waals surface area contributed by atoms with Crippen molar-refractivity contribution in [3.63, 3.8) is 0 Å². The Kier molecular flexibility index (Phi) is 3.39.